The number of carboxylic acids is 1. The zero-order valence-electron chi connectivity index (χ0n) is 9.31. The summed E-state index contributed by atoms with van der Waals surface area (Å²) in [5.74, 6) is -2.04. The maximum absolute atomic E-state index is 11.6. The van der Waals surface area contributed by atoms with Crippen molar-refractivity contribution in [2.45, 2.75) is 12.5 Å². The van der Waals surface area contributed by atoms with Crippen LogP contribution in [0.4, 0.5) is 0 Å². The van der Waals surface area contributed by atoms with Crippen LogP contribution in [0, 0.1) is 0 Å². The highest BCUT2D eigenvalue weighted by Gasteiger charge is 2.12. The van der Waals surface area contributed by atoms with Gasteiger partial charge in [-0.3, -0.25) is 9.59 Å². The highest BCUT2D eigenvalue weighted by Crippen LogP contribution is 2.07. The molecule has 1 aromatic carbocycles. The van der Waals surface area contributed by atoms with Crippen molar-refractivity contribution in [3.05, 3.63) is 35.4 Å². The molecule has 0 aromatic heterocycles. The van der Waals surface area contributed by atoms with Crippen molar-refractivity contribution in [2.75, 3.05) is 0 Å². The largest absolute Gasteiger partial charge is 0.479 e. The van der Waals surface area contributed by atoms with Crippen LogP contribution in [0.1, 0.15) is 27.1 Å². The fourth-order valence-corrected chi connectivity index (χ4v) is 1.20. The zero-order chi connectivity index (χ0) is 13.5. The summed E-state index contributed by atoms with van der Waals surface area (Å²) in [5.41, 5.74) is 0.340. The first-order chi connectivity index (χ1) is 8.56. The number of hydrogen-bond donors (Lipinski definition) is 2. The molecule has 0 unspecified atom stereocenters. The Morgan fingerprint density at radius 3 is 2.61 bits per heavy atom. The van der Waals surface area contributed by atoms with Crippen molar-refractivity contribution in [2.24, 2.45) is 4.99 Å². The van der Waals surface area contributed by atoms with Gasteiger partial charge in [-0.1, -0.05) is 18.2 Å². The number of amides is 1. The molecule has 1 aromatic rings. The van der Waals surface area contributed by atoms with E-state index in [0.29, 0.717) is 6.29 Å². The minimum Gasteiger partial charge on any atom is -0.479 e. The van der Waals surface area contributed by atoms with Gasteiger partial charge in [0.15, 0.2) is 12.4 Å². The highest BCUT2D eigenvalue weighted by molar-refractivity contribution is 6.04. The molecule has 0 aliphatic heterocycles. The van der Waals surface area contributed by atoms with Gasteiger partial charge in [-0.15, -0.1) is 0 Å². The second-order valence-corrected chi connectivity index (χ2v) is 3.41. The predicted molar refractivity (Wildman–Crippen MR) is 62.9 cm³/mol. The average Bonchev–Trinajstić information content (AvgIpc) is 2.38. The molecule has 6 nitrogen and oxygen atoms in total. The van der Waals surface area contributed by atoms with Crippen LogP contribution in [0.25, 0.3) is 0 Å². The Bertz CT molecular complexity index is 495. The van der Waals surface area contributed by atoms with E-state index < -0.39 is 18.0 Å². The van der Waals surface area contributed by atoms with Gasteiger partial charge >= 0.3 is 5.97 Å². The molecule has 0 bridgehead atoms. The van der Waals surface area contributed by atoms with Crippen molar-refractivity contribution in [1.29, 1.82) is 0 Å². The molecule has 0 spiro atoms. The molecule has 1 atom stereocenters. The van der Waals surface area contributed by atoms with Gasteiger partial charge in [0.25, 0.3) is 5.91 Å². The molecular formula is C12H11NO5. The van der Waals surface area contributed by atoms with Gasteiger partial charge in [-0.25, -0.2) is 9.79 Å². The molecule has 1 amide bonds. The van der Waals surface area contributed by atoms with Crippen molar-refractivity contribution >= 4 is 24.4 Å². The molecule has 2 N–H and O–H groups in total. The molecule has 1 rings (SSSR count). The van der Waals surface area contributed by atoms with Crippen LogP contribution in [0.15, 0.2) is 29.3 Å². The maximum atomic E-state index is 11.6. The van der Waals surface area contributed by atoms with E-state index in [1.165, 1.54) is 12.1 Å². The van der Waals surface area contributed by atoms with Crippen LogP contribution in [-0.2, 0) is 4.79 Å². The van der Waals surface area contributed by atoms with E-state index in [4.69, 9.17) is 10.2 Å². The fraction of sp³-hybridized carbons (Fsp3) is 0.167. The first-order valence-electron chi connectivity index (χ1n) is 5.08. The number of benzene rings is 1. The molecule has 0 aliphatic carbocycles. The number of carbonyl (C=O) groups excluding carboxylic acids is 2. The number of rotatable bonds is 5. The molecule has 0 radical (unpaired) electrons. The van der Waals surface area contributed by atoms with E-state index in [-0.39, 0.29) is 17.5 Å². The fourth-order valence-electron chi connectivity index (χ4n) is 1.20. The number of aldehydes is 1. The van der Waals surface area contributed by atoms with Gasteiger partial charge in [0.1, 0.15) is 0 Å². The lowest BCUT2D eigenvalue weighted by Gasteiger charge is -2.00. The van der Waals surface area contributed by atoms with Crippen LogP contribution in [0.3, 0.4) is 0 Å². The summed E-state index contributed by atoms with van der Waals surface area (Å²) in [7, 11) is 0. The summed E-state index contributed by atoms with van der Waals surface area (Å²) < 4.78 is 0. The first kappa shape index (κ1) is 13.7. The number of aliphatic imine (C=N–C) groups is 1. The third kappa shape index (κ3) is 3.60. The van der Waals surface area contributed by atoms with Crippen LogP contribution in [-0.4, -0.2) is 40.7 Å². The van der Waals surface area contributed by atoms with E-state index in [2.05, 4.69) is 4.99 Å². The second-order valence-electron chi connectivity index (χ2n) is 3.41. The summed E-state index contributed by atoms with van der Waals surface area (Å²) in [6.45, 7) is 0. The van der Waals surface area contributed by atoms with Crippen molar-refractivity contribution in [1.82, 2.24) is 0 Å². The Morgan fingerprint density at radius 1 is 1.33 bits per heavy atom. The van der Waals surface area contributed by atoms with Gasteiger partial charge in [-0.2, -0.15) is 0 Å². The van der Waals surface area contributed by atoms with E-state index in [0.717, 1.165) is 6.21 Å². The average molecular weight is 249 g/mol. The number of nitrogens with zero attached hydrogens (tertiary/aromatic N) is 1. The number of hydrogen-bond acceptors (Lipinski definition) is 4. The van der Waals surface area contributed by atoms with Gasteiger partial charge in [0, 0.05) is 18.2 Å². The van der Waals surface area contributed by atoms with E-state index in [1.54, 1.807) is 12.1 Å². The summed E-state index contributed by atoms with van der Waals surface area (Å²) in [4.78, 5) is 36.1. The molecule has 6 heteroatoms. The van der Waals surface area contributed by atoms with Crippen molar-refractivity contribution in [3.8, 4) is 0 Å². The smallest absolute Gasteiger partial charge is 0.332 e. The minimum atomic E-state index is -1.59. The number of aliphatic carboxylic acids is 1. The summed E-state index contributed by atoms with van der Waals surface area (Å²) in [5, 5.41) is 17.4. The molecule has 0 saturated heterocycles. The van der Waals surface area contributed by atoms with Gasteiger partial charge in [0.05, 0.1) is 5.56 Å². The van der Waals surface area contributed by atoms with Crippen LogP contribution < -0.4 is 0 Å². The van der Waals surface area contributed by atoms with Crippen molar-refractivity contribution < 1.29 is 24.6 Å². The lowest BCUT2D eigenvalue weighted by molar-refractivity contribution is -0.146. The standard InChI is InChI=1S/C12H11NO5/c14-7-8-3-1-2-4-9(8)11(16)13-6-5-10(15)12(17)18/h1-4,6-7,10,15H,5H2,(H,17,18)/t10-/m0/s1. The van der Waals surface area contributed by atoms with E-state index in [9.17, 15) is 14.4 Å². The molecule has 0 saturated carbocycles. The normalized spacial score (nSPS) is 12.3. The molecule has 0 fully saturated rings. The Hall–Kier alpha value is -2.34. The Morgan fingerprint density at radius 2 is 2.00 bits per heavy atom. The molecule has 94 valence electrons. The quantitative estimate of drug-likeness (QED) is 0.585. The lowest BCUT2D eigenvalue weighted by Crippen LogP contribution is -2.19. The minimum absolute atomic E-state index is 0.133. The number of carbonyl (C=O) groups is 3. The second kappa shape index (κ2) is 6.41. The van der Waals surface area contributed by atoms with Gasteiger partial charge in [-0.05, 0) is 6.07 Å². The molecule has 0 aliphatic rings. The Kier molecular flexibility index (Phi) is 4.89. The van der Waals surface area contributed by atoms with Crippen LogP contribution in [0.2, 0.25) is 0 Å². The zero-order valence-corrected chi connectivity index (χ0v) is 9.31. The van der Waals surface area contributed by atoms with Gasteiger partial charge < -0.3 is 10.2 Å². The van der Waals surface area contributed by atoms with Gasteiger partial charge in [0.2, 0.25) is 0 Å². The Balaban J connectivity index is 2.74. The van der Waals surface area contributed by atoms with Crippen LogP contribution in [0.5, 0.6) is 0 Å². The third-order valence-electron chi connectivity index (χ3n) is 2.14. The van der Waals surface area contributed by atoms with E-state index in [1.807, 2.05) is 0 Å². The van der Waals surface area contributed by atoms with E-state index >= 15 is 0 Å². The summed E-state index contributed by atoms with van der Waals surface area (Å²) >= 11 is 0. The molecule has 0 heterocycles. The van der Waals surface area contributed by atoms with Crippen LogP contribution >= 0.6 is 0 Å². The lowest BCUT2D eigenvalue weighted by atomic mass is 10.1. The number of carboxylic acid groups (broad SMARTS) is 1. The molecular weight excluding hydrogens is 238 g/mol. The number of aliphatic hydroxyl groups excluding tert-OH is 1. The Labute approximate surface area is 103 Å². The monoisotopic (exact) mass is 249 g/mol. The highest BCUT2D eigenvalue weighted by atomic mass is 16.4. The summed E-state index contributed by atoms with van der Waals surface area (Å²) in [6.07, 6.45) is -0.315. The summed E-state index contributed by atoms with van der Waals surface area (Å²) in [6, 6.07) is 6.11. The third-order valence-corrected chi connectivity index (χ3v) is 2.14. The maximum Gasteiger partial charge on any atom is 0.332 e. The molecule has 18 heavy (non-hydrogen) atoms. The predicted octanol–water partition coefficient (Wildman–Crippen LogP) is 0.546. The van der Waals surface area contributed by atoms with Crippen molar-refractivity contribution in [3.63, 3.8) is 0 Å². The topological polar surface area (TPSA) is 104 Å². The number of aliphatic hydroxyl groups is 1. The first-order valence-corrected chi connectivity index (χ1v) is 5.08. The SMILES string of the molecule is O=Cc1ccccc1C(=O)N=CC[C@H](O)C(=O)O.